The van der Waals surface area contributed by atoms with Crippen LogP contribution in [0.3, 0.4) is 0 Å². The van der Waals surface area contributed by atoms with Crippen molar-refractivity contribution in [3.8, 4) is 11.3 Å². The Labute approximate surface area is 166 Å². The van der Waals surface area contributed by atoms with Gasteiger partial charge in [-0.05, 0) is 30.7 Å². The number of hydrogen-bond acceptors (Lipinski definition) is 5. The molecular formula is C20H24F3N5O. The lowest BCUT2D eigenvalue weighted by Gasteiger charge is -2.20. The Morgan fingerprint density at radius 3 is 2.59 bits per heavy atom. The molecule has 2 aliphatic carbocycles. The summed E-state index contributed by atoms with van der Waals surface area (Å²) in [6, 6.07) is 1.46. The van der Waals surface area contributed by atoms with Crippen LogP contribution in [0.5, 0.6) is 0 Å². The third kappa shape index (κ3) is 3.40. The zero-order chi connectivity index (χ0) is 20.3. The van der Waals surface area contributed by atoms with Crippen molar-refractivity contribution in [1.82, 2.24) is 19.4 Å². The molecule has 3 aliphatic rings. The molecule has 5 rings (SSSR count). The quantitative estimate of drug-likeness (QED) is 0.797. The van der Waals surface area contributed by atoms with Crippen LogP contribution >= 0.6 is 0 Å². The summed E-state index contributed by atoms with van der Waals surface area (Å²) >= 11 is 0. The van der Waals surface area contributed by atoms with Crippen LogP contribution in [0.25, 0.3) is 11.3 Å². The molecule has 2 N–H and O–H groups in total. The standard InChI is InChI=1S/C20H24F3N5O/c1-29-5-4-27-8-13-14(9-27)17(13)28-10-16(26-19(28)11-2-3-11)12-6-15(20(21,22)23)18(24)25-7-12/h6-7,10-11,13-14,17H,2-5,8-9H2,1H3,(H2,24,25)/t13-,14+,17+. The number of halogens is 3. The van der Waals surface area contributed by atoms with E-state index in [0.717, 1.165) is 51.0 Å². The summed E-state index contributed by atoms with van der Waals surface area (Å²) in [6.45, 7) is 3.76. The Kier molecular flexibility index (Phi) is 4.36. The van der Waals surface area contributed by atoms with Crippen LogP contribution in [0, 0.1) is 11.8 Å². The van der Waals surface area contributed by atoms with Gasteiger partial charge in [0.2, 0.25) is 0 Å². The van der Waals surface area contributed by atoms with Crippen LogP contribution in [0.2, 0.25) is 0 Å². The molecule has 0 unspecified atom stereocenters. The van der Waals surface area contributed by atoms with Gasteiger partial charge in [-0.25, -0.2) is 9.97 Å². The van der Waals surface area contributed by atoms with Gasteiger partial charge in [-0.2, -0.15) is 13.2 Å². The van der Waals surface area contributed by atoms with E-state index in [-0.39, 0.29) is 0 Å². The average Bonchev–Trinajstić information content (AvgIpc) is 3.55. The number of methoxy groups -OCH3 is 1. The van der Waals surface area contributed by atoms with E-state index in [1.807, 2.05) is 6.20 Å². The summed E-state index contributed by atoms with van der Waals surface area (Å²) in [6.07, 6.45) is 0.949. The van der Waals surface area contributed by atoms with Gasteiger partial charge in [0.15, 0.2) is 0 Å². The van der Waals surface area contributed by atoms with E-state index in [4.69, 9.17) is 15.5 Å². The zero-order valence-electron chi connectivity index (χ0n) is 16.2. The van der Waals surface area contributed by atoms with E-state index in [0.29, 0.717) is 35.1 Å². The second-order valence-electron chi connectivity index (χ2n) is 8.39. The maximum Gasteiger partial charge on any atom is 0.419 e. The number of piperidine rings is 1. The number of hydrogen-bond donors (Lipinski definition) is 1. The Morgan fingerprint density at radius 1 is 1.24 bits per heavy atom. The Hall–Kier alpha value is -2.13. The number of imidazole rings is 1. The summed E-state index contributed by atoms with van der Waals surface area (Å²) in [5.74, 6) is 2.09. The van der Waals surface area contributed by atoms with Gasteiger partial charge in [-0.3, -0.25) is 0 Å². The van der Waals surface area contributed by atoms with Crippen molar-refractivity contribution < 1.29 is 17.9 Å². The fraction of sp³-hybridized carbons (Fsp3) is 0.600. The molecule has 9 heteroatoms. The van der Waals surface area contributed by atoms with Crippen molar-refractivity contribution in [3.63, 3.8) is 0 Å². The Morgan fingerprint density at radius 2 is 1.97 bits per heavy atom. The first-order valence-electron chi connectivity index (χ1n) is 10.00. The lowest BCUT2D eigenvalue weighted by Crippen LogP contribution is -2.28. The van der Waals surface area contributed by atoms with Gasteiger partial charge in [0.1, 0.15) is 11.6 Å². The summed E-state index contributed by atoms with van der Waals surface area (Å²) in [5, 5.41) is 0. The number of pyridine rings is 1. The van der Waals surface area contributed by atoms with Gasteiger partial charge in [0.05, 0.1) is 17.9 Å². The third-order valence-corrected chi connectivity index (χ3v) is 6.38. The average molecular weight is 407 g/mol. The van der Waals surface area contributed by atoms with E-state index in [1.54, 1.807) is 7.11 Å². The first-order chi connectivity index (χ1) is 13.9. The normalized spacial score (nSPS) is 26.7. The van der Waals surface area contributed by atoms with Crippen molar-refractivity contribution in [2.24, 2.45) is 11.8 Å². The second-order valence-corrected chi connectivity index (χ2v) is 8.39. The number of fused-ring (bicyclic) bond motifs is 1. The van der Waals surface area contributed by atoms with E-state index >= 15 is 0 Å². The van der Waals surface area contributed by atoms with Crippen LogP contribution in [0.4, 0.5) is 19.0 Å². The number of anilines is 1. The lowest BCUT2D eigenvalue weighted by atomic mass is 10.1. The third-order valence-electron chi connectivity index (χ3n) is 6.38. The van der Waals surface area contributed by atoms with E-state index < -0.39 is 17.6 Å². The molecule has 29 heavy (non-hydrogen) atoms. The molecule has 3 heterocycles. The number of nitrogens with zero attached hydrogens (tertiary/aromatic N) is 4. The Balaban J connectivity index is 1.41. The SMILES string of the molecule is COCCN1C[C@@H]2[C@H](C1)[C@H]2n1cc(-c2cnc(N)c(C(F)(F)F)c2)nc1C1CC1. The highest BCUT2D eigenvalue weighted by atomic mass is 19.4. The minimum atomic E-state index is -4.53. The van der Waals surface area contributed by atoms with Crippen molar-refractivity contribution >= 4 is 5.82 Å². The molecule has 3 atom stereocenters. The highest BCUT2D eigenvalue weighted by Gasteiger charge is 2.57. The molecule has 0 radical (unpaired) electrons. The van der Waals surface area contributed by atoms with Gasteiger partial charge in [0.25, 0.3) is 0 Å². The number of nitrogens with two attached hydrogens (primary N) is 1. The molecule has 1 saturated heterocycles. The molecule has 2 aromatic heterocycles. The lowest BCUT2D eigenvalue weighted by molar-refractivity contribution is -0.137. The first kappa shape index (κ1) is 18.9. The summed E-state index contributed by atoms with van der Waals surface area (Å²) in [4.78, 5) is 10.9. The molecule has 156 valence electrons. The first-order valence-corrected chi connectivity index (χ1v) is 10.00. The highest BCUT2D eigenvalue weighted by molar-refractivity contribution is 5.62. The molecular weight excluding hydrogens is 383 g/mol. The Bertz CT molecular complexity index is 911. The van der Waals surface area contributed by atoms with Gasteiger partial charge in [0, 0.05) is 56.7 Å². The van der Waals surface area contributed by atoms with Gasteiger partial charge in [-0.15, -0.1) is 0 Å². The topological polar surface area (TPSA) is 69.2 Å². The molecule has 0 spiro atoms. The van der Waals surface area contributed by atoms with E-state index in [2.05, 4.69) is 14.5 Å². The number of aromatic nitrogens is 3. The molecule has 6 nitrogen and oxygen atoms in total. The molecule has 0 aromatic carbocycles. The minimum Gasteiger partial charge on any atom is -0.383 e. The molecule has 2 saturated carbocycles. The molecule has 0 amide bonds. The van der Waals surface area contributed by atoms with E-state index in [1.165, 1.54) is 6.20 Å². The number of likely N-dealkylation sites (tertiary alicyclic amines) is 1. The molecule has 2 aromatic rings. The van der Waals surface area contributed by atoms with E-state index in [9.17, 15) is 13.2 Å². The number of nitrogen functional groups attached to an aromatic ring is 1. The van der Waals surface area contributed by atoms with Crippen LogP contribution in [0.15, 0.2) is 18.5 Å². The monoisotopic (exact) mass is 407 g/mol. The predicted molar refractivity (Wildman–Crippen MR) is 101 cm³/mol. The largest absolute Gasteiger partial charge is 0.419 e. The van der Waals surface area contributed by atoms with Gasteiger partial charge >= 0.3 is 6.18 Å². The van der Waals surface area contributed by atoms with Crippen LogP contribution < -0.4 is 5.73 Å². The van der Waals surface area contributed by atoms with Crippen LogP contribution in [-0.4, -0.2) is 52.8 Å². The highest BCUT2D eigenvalue weighted by Crippen LogP contribution is 2.57. The molecule has 3 fully saturated rings. The molecule has 0 bridgehead atoms. The van der Waals surface area contributed by atoms with Crippen LogP contribution in [-0.2, 0) is 10.9 Å². The number of rotatable bonds is 6. The maximum absolute atomic E-state index is 13.2. The summed E-state index contributed by atoms with van der Waals surface area (Å²) in [7, 11) is 1.71. The number of ether oxygens (including phenoxy) is 1. The summed E-state index contributed by atoms with van der Waals surface area (Å²) in [5.41, 5.74) is 5.45. The fourth-order valence-corrected chi connectivity index (χ4v) is 4.67. The van der Waals surface area contributed by atoms with Crippen molar-refractivity contribution in [1.29, 1.82) is 0 Å². The zero-order valence-corrected chi connectivity index (χ0v) is 16.2. The smallest absolute Gasteiger partial charge is 0.383 e. The van der Waals surface area contributed by atoms with Gasteiger partial charge in [-0.1, -0.05) is 0 Å². The minimum absolute atomic E-state index is 0.361. The van der Waals surface area contributed by atoms with Crippen molar-refractivity contribution in [2.45, 2.75) is 31.0 Å². The summed E-state index contributed by atoms with van der Waals surface area (Å²) < 4.78 is 47.1. The second kappa shape index (κ2) is 6.70. The van der Waals surface area contributed by atoms with Crippen molar-refractivity contribution in [2.75, 3.05) is 39.1 Å². The van der Waals surface area contributed by atoms with Crippen molar-refractivity contribution in [3.05, 3.63) is 29.8 Å². The fourth-order valence-electron chi connectivity index (χ4n) is 4.67. The van der Waals surface area contributed by atoms with Gasteiger partial charge < -0.3 is 19.9 Å². The predicted octanol–water partition coefficient (Wildman–Crippen LogP) is 3.17. The van der Waals surface area contributed by atoms with Crippen LogP contribution in [0.1, 0.15) is 36.2 Å². The molecule has 1 aliphatic heterocycles. The maximum atomic E-state index is 13.2. The number of alkyl halides is 3.